The number of carbonyl (C=O) groups is 1. The maximum atomic E-state index is 11.1. The summed E-state index contributed by atoms with van der Waals surface area (Å²) in [5.74, 6) is 1.82. The van der Waals surface area contributed by atoms with E-state index in [1.807, 2.05) is 6.08 Å². The van der Waals surface area contributed by atoms with E-state index in [1.165, 1.54) is 11.1 Å². The van der Waals surface area contributed by atoms with Gasteiger partial charge < -0.3 is 34.7 Å². The fourth-order valence-electron chi connectivity index (χ4n) is 7.28. The first kappa shape index (κ1) is 28.0. The van der Waals surface area contributed by atoms with Crippen molar-refractivity contribution in [2.24, 2.45) is 5.92 Å². The summed E-state index contributed by atoms with van der Waals surface area (Å²) in [4.78, 5) is 16.0. The van der Waals surface area contributed by atoms with Gasteiger partial charge in [0.05, 0.1) is 25.4 Å². The first-order valence-electron chi connectivity index (χ1n) is 14.8. The molecule has 1 spiro atoms. The summed E-state index contributed by atoms with van der Waals surface area (Å²) < 4.78 is 23.0. The number of morpholine rings is 1. The van der Waals surface area contributed by atoms with Crippen LogP contribution in [-0.4, -0.2) is 98.8 Å². The number of carbonyl (C=O) groups excluding carboxylic acids is 1. The second-order valence-electron chi connectivity index (χ2n) is 11.6. The number of nitrogen functional groups attached to an aromatic ring is 1. The lowest BCUT2D eigenvalue weighted by atomic mass is 9.53. The first-order chi connectivity index (χ1) is 19.9. The Morgan fingerprint density at radius 1 is 1.12 bits per heavy atom. The molecule has 2 saturated heterocycles. The quantitative estimate of drug-likeness (QED) is 0.312. The van der Waals surface area contributed by atoms with Crippen molar-refractivity contribution >= 4 is 11.7 Å². The van der Waals surface area contributed by atoms with Gasteiger partial charge in [0.25, 0.3) is 0 Å². The summed E-state index contributed by atoms with van der Waals surface area (Å²) in [7, 11) is 2.23. The third kappa shape index (κ3) is 5.09. The van der Waals surface area contributed by atoms with Crippen LogP contribution in [0.5, 0.6) is 11.5 Å². The number of ether oxygens (including phenoxy) is 4. The van der Waals surface area contributed by atoms with Gasteiger partial charge in [0.2, 0.25) is 0 Å². The van der Waals surface area contributed by atoms with E-state index in [0.717, 1.165) is 63.7 Å². The number of likely N-dealkylation sites (N-methyl/N-ethyl adjacent to an activating group) is 1. The zero-order chi connectivity index (χ0) is 28.6. The highest BCUT2D eigenvalue weighted by molar-refractivity contribution is 5.89. The minimum Gasteiger partial charge on any atom is -0.488 e. The van der Waals surface area contributed by atoms with Crippen molar-refractivity contribution in [1.82, 2.24) is 9.80 Å². The van der Waals surface area contributed by atoms with Crippen molar-refractivity contribution in [2.45, 2.75) is 43.4 Å². The molecule has 9 heteroatoms. The number of aliphatic hydroxyl groups excluding tert-OH is 1. The second kappa shape index (κ2) is 11.6. The Hall–Kier alpha value is -3.11. The molecule has 3 N–H and O–H groups in total. The van der Waals surface area contributed by atoms with E-state index in [0.29, 0.717) is 36.4 Å². The molecule has 0 saturated carbocycles. The molecule has 0 radical (unpaired) electrons. The molecular formula is C32H41N3O6. The smallest absolute Gasteiger partial charge is 0.338 e. The maximum Gasteiger partial charge on any atom is 0.338 e. The number of piperidine rings is 1. The highest BCUT2D eigenvalue weighted by Gasteiger charge is 2.64. The van der Waals surface area contributed by atoms with Gasteiger partial charge in [-0.05, 0) is 69.3 Å². The largest absolute Gasteiger partial charge is 0.488 e. The molecule has 0 aromatic heterocycles. The Morgan fingerprint density at radius 3 is 2.66 bits per heavy atom. The summed E-state index contributed by atoms with van der Waals surface area (Å²) in [5.41, 5.74) is 9.21. The third-order valence-corrected chi connectivity index (χ3v) is 9.32. The zero-order valence-corrected chi connectivity index (χ0v) is 24.0. The molecule has 2 bridgehead atoms. The molecule has 0 amide bonds. The number of likely N-dealkylation sites (tertiary alicyclic amines) is 1. The molecule has 2 fully saturated rings. The van der Waals surface area contributed by atoms with Crippen molar-refractivity contribution < 1.29 is 28.8 Å². The van der Waals surface area contributed by atoms with Crippen LogP contribution in [0.4, 0.5) is 5.69 Å². The number of nitrogens with two attached hydrogens (primary N) is 1. The van der Waals surface area contributed by atoms with Gasteiger partial charge in [-0.3, -0.25) is 4.90 Å². The van der Waals surface area contributed by atoms with E-state index >= 15 is 0 Å². The molecule has 220 valence electrons. The van der Waals surface area contributed by atoms with Crippen molar-refractivity contribution in [3.8, 4) is 11.5 Å². The lowest BCUT2D eigenvalue weighted by Crippen LogP contribution is -2.64. The number of hydrogen-bond acceptors (Lipinski definition) is 9. The summed E-state index contributed by atoms with van der Waals surface area (Å²) in [6.45, 7) is 8.29. The van der Waals surface area contributed by atoms with Gasteiger partial charge in [-0.15, -0.1) is 0 Å². The molecule has 9 nitrogen and oxygen atoms in total. The van der Waals surface area contributed by atoms with Crippen molar-refractivity contribution in [1.29, 1.82) is 0 Å². The topological polar surface area (TPSA) is 107 Å². The average Bonchev–Trinajstić information content (AvgIpc) is 3.34. The van der Waals surface area contributed by atoms with E-state index in [-0.39, 0.29) is 17.5 Å². The molecule has 0 unspecified atom stereocenters. The van der Waals surface area contributed by atoms with Crippen LogP contribution in [0.15, 0.2) is 48.6 Å². The fraction of sp³-hybridized carbons (Fsp3) is 0.531. The molecule has 2 aromatic carbocycles. The molecule has 5 atom stereocenters. The average molecular weight is 564 g/mol. The number of aliphatic hydroxyl groups is 1. The van der Waals surface area contributed by atoms with Crippen LogP contribution in [0.2, 0.25) is 0 Å². The van der Waals surface area contributed by atoms with Crippen LogP contribution < -0.4 is 15.2 Å². The van der Waals surface area contributed by atoms with Crippen LogP contribution in [0.3, 0.4) is 0 Å². The molecule has 2 aliphatic carbocycles. The zero-order valence-electron chi connectivity index (χ0n) is 24.0. The van der Waals surface area contributed by atoms with Gasteiger partial charge in [-0.2, -0.15) is 0 Å². The Kier molecular flexibility index (Phi) is 7.96. The van der Waals surface area contributed by atoms with Crippen LogP contribution >= 0.6 is 0 Å². The van der Waals surface area contributed by atoms with Crippen molar-refractivity contribution in [2.75, 3.05) is 65.4 Å². The highest BCUT2D eigenvalue weighted by Crippen LogP contribution is 2.62. The van der Waals surface area contributed by atoms with Gasteiger partial charge in [-0.25, -0.2) is 4.79 Å². The predicted octanol–water partition coefficient (Wildman–Crippen LogP) is 2.65. The lowest BCUT2D eigenvalue weighted by molar-refractivity contribution is -0.0454. The minimum absolute atomic E-state index is 0.113. The number of hydrogen-bond donors (Lipinski definition) is 2. The predicted molar refractivity (Wildman–Crippen MR) is 155 cm³/mol. The first-order valence-corrected chi connectivity index (χ1v) is 14.8. The molecule has 5 aliphatic rings. The molecule has 7 rings (SSSR count). The van der Waals surface area contributed by atoms with Crippen LogP contribution in [-0.2, 0) is 21.3 Å². The Morgan fingerprint density at radius 2 is 1.90 bits per heavy atom. The van der Waals surface area contributed by atoms with Gasteiger partial charge in [0.1, 0.15) is 18.8 Å². The van der Waals surface area contributed by atoms with E-state index in [1.54, 1.807) is 31.2 Å². The van der Waals surface area contributed by atoms with Crippen LogP contribution in [0.25, 0.3) is 0 Å². The molecule has 41 heavy (non-hydrogen) atoms. The Labute approximate surface area is 241 Å². The van der Waals surface area contributed by atoms with Crippen LogP contribution in [0, 0.1) is 5.92 Å². The SMILES string of the molecule is CCOC(=O)c1ccc(N)cc1.CN1CC[C@]23c4c5ccc(OCCN6CCOCC6)c4O[C@H]2[C@@H](O)C=C[C@H]3[C@H]1C5. The van der Waals surface area contributed by atoms with E-state index in [2.05, 4.69) is 35.1 Å². The van der Waals surface area contributed by atoms with E-state index in [4.69, 9.17) is 24.7 Å². The molecule has 2 aromatic rings. The maximum absolute atomic E-state index is 11.1. The number of benzene rings is 2. The summed E-state index contributed by atoms with van der Waals surface area (Å²) >= 11 is 0. The van der Waals surface area contributed by atoms with E-state index < -0.39 is 6.10 Å². The Bertz CT molecular complexity index is 1280. The number of anilines is 1. The molecule has 3 heterocycles. The van der Waals surface area contributed by atoms with Crippen molar-refractivity contribution in [3.63, 3.8) is 0 Å². The molecule has 3 aliphatic heterocycles. The number of rotatable bonds is 6. The summed E-state index contributed by atoms with van der Waals surface area (Å²) in [6.07, 6.45) is 5.51. The monoisotopic (exact) mass is 563 g/mol. The normalized spacial score (nSPS) is 29.5. The summed E-state index contributed by atoms with van der Waals surface area (Å²) in [6, 6.07) is 11.4. The standard InChI is InChI=1S/C23H30N2O4.C9H11NO2/c1-24-7-6-23-16-3-4-18(26)22(23)29-21-19(5-2-15(20(21)23)14-17(16)24)28-13-10-25-8-11-27-12-9-25;1-2-12-9(11)7-3-5-8(10)6-4-7/h2-5,16-18,22,26H,6-14H2,1H3;3-6H,2,10H2,1H3/t16-,17+,18-,22-,23-;/m0./s1. The molecular weight excluding hydrogens is 522 g/mol. The van der Waals surface area contributed by atoms with Gasteiger partial charge in [0.15, 0.2) is 11.5 Å². The van der Waals surface area contributed by atoms with Crippen LogP contribution in [0.1, 0.15) is 34.8 Å². The van der Waals surface area contributed by atoms with Gasteiger partial charge in [-0.1, -0.05) is 18.2 Å². The lowest BCUT2D eigenvalue weighted by Gasteiger charge is -2.56. The summed E-state index contributed by atoms with van der Waals surface area (Å²) in [5, 5.41) is 10.8. The van der Waals surface area contributed by atoms with Gasteiger partial charge in [0, 0.05) is 48.3 Å². The second-order valence-corrected chi connectivity index (χ2v) is 11.6. The fourth-order valence-corrected chi connectivity index (χ4v) is 7.28. The third-order valence-electron chi connectivity index (χ3n) is 9.32. The Balaban J connectivity index is 0.000000213. The number of nitrogens with zero attached hydrogens (tertiary/aromatic N) is 2. The van der Waals surface area contributed by atoms with E-state index in [9.17, 15) is 9.90 Å². The highest BCUT2D eigenvalue weighted by atomic mass is 16.5. The number of esters is 1. The minimum atomic E-state index is -0.560. The van der Waals surface area contributed by atoms with Crippen molar-refractivity contribution in [3.05, 3.63) is 65.2 Å². The van der Waals surface area contributed by atoms with Gasteiger partial charge >= 0.3 is 5.97 Å².